The van der Waals surface area contributed by atoms with Crippen molar-refractivity contribution < 1.29 is 14.3 Å². The molecule has 1 amide bonds. The summed E-state index contributed by atoms with van der Waals surface area (Å²) in [6.45, 7) is 0.264. The monoisotopic (exact) mass is 437 g/mol. The summed E-state index contributed by atoms with van der Waals surface area (Å²) >= 11 is 3.44. The third-order valence-electron chi connectivity index (χ3n) is 4.84. The van der Waals surface area contributed by atoms with E-state index < -0.39 is 11.9 Å². The Hall–Kier alpha value is -2.92. The van der Waals surface area contributed by atoms with Gasteiger partial charge in [-0.1, -0.05) is 70.5 Å². The van der Waals surface area contributed by atoms with E-state index in [-0.39, 0.29) is 18.1 Å². The van der Waals surface area contributed by atoms with Crippen molar-refractivity contribution in [2.75, 3.05) is 0 Å². The number of hydrogen-bond acceptors (Lipinski definition) is 2. The molecule has 4 rings (SSSR count). The molecule has 3 nitrogen and oxygen atoms in total. The Kier molecular flexibility index (Phi) is 5.01. The molecule has 0 bridgehead atoms. The van der Waals surface area contributed by atoms with Gasteiger partial charge in [-0.3, -0.25) is 4.79 Å². The standard InChI is InChI=1S/C23H17BrFNO2/c24-18-10-8-17(9-11-18)21-20(16-4-2-1-3-5-16)22(27)23(28)26(21)14-15-6-12-19(25)13-7-15/h1-13,21,27H,14H2/t21-/m1/s1. The van der Waals surface area contributed by atoms with E-state index in [1.807, 2.05) is 54.6 Å². The molecule has 0 fully saturated rings. The summed E-state index contributed by atoms with van der Waals surface area (Å²) in [5.41, 5.74) is 3.05. The van der Waals surface area contributed by atoms with Crippen LogP contribution >= 0.6 is 15.9 Å². The molecule has 0 unspecified atom stereocenters. The van der Waals surface area contributed by atoms with Crippen LogP contribution in [0.3, 0.4) is 0 Å². The van der Waals surface area contributed by atoms with Gasteiger partial charge in [0.15, 0.2) is 5.76 Å². The van der Waals surface area contributed by atoms with Gasteiger partial charge in [0.2, 0.25) is 0 Å². The lowest BCUT2D eigenvalue weighted by molar-refractivity contribution is -0.130. The van der Waals surface area contributed by atoms with Crippen LogP contribution in [0.1, 0.15) is 22.7 Å². The Labute approximate surface area is 170 Å². The predicted molar refractivity (Wildman–Crippen MR) is 110 cm³/mol. The highest BCUT2D eigenvalue weighted by Gasteiger charge is 2.40. The lowest BCUT2D eigenvalue weighted by Gasteiger charge is -2.27. The third-order valence-corrected chi connectivity index (χ3v) is 5.37. The van der Waals surface area contributed by atoms with Crippen LogP contribution in [0, 0.1) is 5.82 Å². The van der Waals surface area contributed by atoms with Gasteiger partial charge < -0.3 is 10.0 Å². The molecule has 0 aliphatic carbocycles. The first kappa shape index (κ1) is 18.4. The average molecular weight is 438 g/mol. The lowest BCUT2D eigenvalue weighted by Crippen LogP contribution is -2.29. The number of amides is 1. The minimum Gasteiger partial charge on any atom is -0.503 e. The van der Waals surface area contributed by atoms with Crippen molar-refractivity contribution in [1.29, 1.82) is 0 Å². The Morgan fingerprint density at radius 1 is 0.929 bits per heavy atom. The summed E-state index contributed by atoms with van der Waals surface area (Å²) in [6.07, 6.45) is 0. The van der Waals surface area contributed by atoms with Crippen molar-refractivity contribution >= 4 is 27.4 Å². The molecule has 1 aliphatic heterocycles. The summed E-state index contributed by atoms with van der Waals surface area (Å²) in [7, 11) is 0. The molecule has 1 heterocycles. The van der Waals surface area contributed by atoms with E-state index in [1.54, 1.807) is 17.0 Å². The molecule has 0 saturated heterocycles. The van der Waals surface area contributed by atoms with E-state index in [4.69, 9.17) is 0 Å². The first-order valence-corrected chi connectivity index (χ1v) is 9.63. The zero-order chi connectivity index (χ0) is 19.7. The second kappa shape index (κ2) is 7.60. The number of aliphatic hydroxyl groups excluding tert-OH is 1. The van der Waals surface area contributed by atoms with Crippen LogP contribution in [-0.4, -0.2) is 15.9 Å². The number of nitrogens with zero attached hydrogens (tertiary/aromatic N) is 1. The summed E-state index contributed by atoms with van der Waals surface area (Å²) in [4.78, 5) is 14.6. The minimum atomic E-state index is -0.437. The maximum atomic E-state index is 13.3. The molecule has 0 radical (unpaired) electrons. The van der Waals surface area contributed by atoms with Crippen molar-refractivity contribution in [3.8, 4) is 0 Å². The first-order valence-electron chi connectivity index (χ1n) is 8.84. The van der Waals surface area contributed by atoms with Crippen LogP contribution in [0.25, 0.3) is 5.57 Å². The fraction of sp³-hybridized carbons (Fsp3) is 0.0870. The van der Waals surface area contributed by atoms with Crippen LogP contribution in [0.2, 0.25) is 0 Å². The highest BCUT2D eigenvalue weighted by molar-refractivity contribution is 9.10. The van der Waals surface area contributed by atoms with Crippen molar-refractivity contribution in [3.63, 3.8) is 0 Å². The molecule has 140 valence electrons. The average Bonchev–Trinajstić information content (AvgIpc) is 2.96. The Morgan fingerprint density at radius 2 is 1.57 bits per heavy atom. The summed E-state index contributed by atoms with van der Waals surface area (Å²) in [5.74, 6) is -1.01. The largest absolute Gasteiger partial charge is 0.503 e. The Morgan fingerprint density at radius 3 is 2.21 bits per heavy atom. The van der Waals surface area contributed by atoms with E-state index >= 15 is 0 Å². The third kappa shape index (κ3) is 3.45. The topological polar surface area (TPSA) is 40.5 Å². The Balaban J connectivity index is 1.80. The van der Waals surface area contributed by atoms with Gasteiger partial charge in [0.25, 0.3) is 5.91 Å². The normalized spacial score (nSPS) is 16.7. The summed E-state index contributed by atoms with van der Waals surface area (Å²) in [5, 5.41) is 10.7. The fourth-order valence-corrected chi connectivity index (χ4v) is 3.77. The van der Waals surface area contributed by atoms with E-state index in [1.165, 1.54) is 12.1 Å². The maximum absolute atomic E-state index is 13.3. The van der Waals surface area contributed by atoms with Gasteiger partial charge in [-0.15, -0.1) is 0 Å². The van der Waals surface area contributed by atoms with Crippen molar-refractivity contribution in [2.24, 2.45) is 0 Å². The number of aliphatic hydroxyl groups is 1. The van der Waals surface area contributed by atoms with Crippen LogP contribution in [0.5, 0.6) is 0 Å². The SMILES string of the molecule is O=C1C(O)=C(c2ccccc2)[C@@H](c2ccc(Br)cc2)N1Cc1ccc(F)cc1. The van der Waals surface area contributed by atoms with Gasteiger partial charge in [-0.05, 0) is 41.0 Å². The number of benzene rings is 3. The van der Waals surface area contributed by atoms with Gasteiger partial charge in [0.05, 0.1) is 6.04 Å². The van der Waals surface area contributed by atoms with E-state index in [2.05, 4.69) is 15.9 Å². The molecule has 1 atom stereocenters. The molecule has 5 heteroatoms. The highest BCUT2D eigenvalue weighted by atomic mass is 79.9. The van der Waals surface area contributed by atoms with Crippen molar-refractivity contribution in [2.45, 2.75) is 12.6 Å². The molecule has 0 saturated carbocycles. The minimum absolute atomic E-state index is 0.249. The second-order valence-corrected chi connectivity index (χ2v) is 7.56. The van der Waals surface area contributed by atoms with E-state index in [0.29, 0.717) is 5.57 Å². The molecule has 1 N–H and O–H groups in total. The molecule has 3 aromatic rings. The smallest absolute Gasteiger partial charge is 0.290 e. The fourth-order valence-electron chi connectivity index (χ4n) is 3.51. The molecular weight excluding hydrogens is 421 g/mol. The van der Waals surface area contributed by atoms with E-state index in [0.717, 1.165) is 21.2 Å². The zero-order valence-corrected chi connectivity index (χ0v) is 16.4. The Bertz CT molecular complexity index is 1030. The van der Waals surface area contributed by atoms with Crippen molar-refractivity contribution in [1.82, 2.24) is 4.90 Å². The molecule has 0 spiro atoms. The maximum Gasteiger partial charge on any atom is 0.290 e. The molecule has 28 heavy (non-hydrogen) atoms. The van der Waals surface area contributed by atoms with Gasteiger partial charge in [0, 0.05) is 16.6 Å². The van der Waals surface area contributed by atoms with Gasteiger partial charge in [-0.2, -0.15) is 0 Å². The predicted octanol–water partition coefficient (Wildman–Crippen LogP) is 5.64. The molecule has 0 aromatic heterocycles. The lowest BCUT2D eigenvalue weighted by atomic mass is 9.93. The molecule has 1 aliphatic rings. The highest BCUT2D eigenvalue weighted by Crippen LogP contribution is 2.43. The van der Waals surface area contributed by atoms with Crippen molar-refractivity contribution in [3.05, 3.63) is 112 Å². The summed E-state index contributed by atoms with van der Waals surface area (Å²) in [6, 6.07) is 22.7. The van der Waals surface area contributed by atoms with Crippen LogP contribution in [-0.2, 0) is 11.3 Å². The number of hydrogen-bond donors (Lipinski definition) is 1. The quantitative estimate of drug-likeness (QED) is 0.573. The molecular formula is C23H17BrFNO2. The zero-order valence-electron chi connectivity index (χ0n) is 14.8. The van der Waals surface area contributed by atoms with Crippen LogP contribution in [0.4, 0.5) is 4.39 Å². The van der Waals surface area contributed by atoms with Crippen LogP contribution < -0.4 is 0 Å². The summed E-state index contributed by atoms with van der Waals surface area (Å²) < 4.78 is 14.2. The second-order valence-electron chi connectivity index (χ2n) is 6.64. The van der Waals surface area contributed by atoms with E-state index in [9.17, 15) is 14.3 Å². The first-order chi connectivity index (χ1) is 13.5. The molecule has 3 aromatic carbocycles. The number of carbonyl (C=O) groups is 1. The number of halogens is 2. The number of carbonyl (C=O) groups excluding carboxylic acids is 1. The van der Waals surface area contributed by atoms with Gasteiger partial charge >= 0.3 is 0 Å². The van der Waals surface area contributed by atoms with Crippen LogP contribution in [0.15, 0.2) is 89.1 Å². The van der Waals surface area contributed by atoms with Gasteiger partial charge in [0.1, 0.15) is 5.82 Å². The van der Waals surface area contributed by atoms with Gasteiger partial charge in [-0.25, -0.2) is 4.39 Å². The number of rotatable bonds is 4.